The average molecular weight is 297 g/mol. The van der Waals surface area contributed by atoms with Gasteiger partial charge >= 0.3 is 6.18 Å². The molecule has 0 aromatic heterocycles. The predicted molar refractivity (Wildman–Crippen MR) is 74.9 cm³/mol. The third kappa shape index (κ3) is 4.14. The molecule has 0 heterocycles. The highest BCUT2D eigenvalue weighted by atomic mass is 35.5. The van der Waals surface area contributed by atoms with Crippen LogP contribution < -0.4 is 0 Å². The molecule has 20 heavy (non-hydrogen) atoms. The highest BCUT2D eigenvalue weighted by Gasteiger charge is 2.23. The van der Waals surface area contributed by atoms with E-state index in [2.05, 4.69) is 0 Å². The molecule has 1 unspecified atom stereocenters. The average Bonchev–Trinajstić information content (AvgIpc) is 2.41. The van der Waals surface area contributed by atoms with Crippen LogP contribution in [0.2, 0.25) is 5.02 Å². The number of allylic oxidation sites excluding steroid dienone is 2. The second kappa shape index (κ2) is 6.14. The van der Waals surface area contributed by atoms with Crippen LogP contribution >= 0.6 is 11.6 Å². The molecule has 0 N–H and O–H groups in total. The quantitative estimate of drug-likeness (QED) is 0.648. The molecule has 0 aliphatic carbocycles. The van der Waals surface area contributed by atoms with Gasteiger partial charge in [0.2, 0.25) is 0 Å². The summed E-state index contributed by atoms with van der Waals surface area (Å²) in [7, 11) is 0. The van der Waals surface area contributed by atoms with Gasteiger partial charge in [-0.05, 0) is 23.3 Å². The lowest BCUT2D eigenvalue weighted by Gasteiger charge is -2.14. The molecule has 2 aromatic rings. The van der Waals surface area contributed by atoms with Crippen LogP contribution in [0.15, 0.2) is 66.7 Å². The summed E-state index contributed by atoms with van der Waals surface area (Å²) in [6, 6.07) is 15.9. The molecule has 0 saturated carbocycles. The van der Waals surface area contributed by atoms with E-state index in [0.717, 1.165) is 11.1 Å². The monoisotopic (exact) mass is 296 g/mol. The fourth-order valence-electron chi connectivity index (χ4n) is 1.95. The van der Waals surface area contributed by atoms with Crippen LogP contribution in [-0.4, -0.2) is 6.18 Å². The zero-order valence-electron chi connectivity index (χ0n) is 10.4. The van der Waals surface area contributed by atoms with Gasteiger partial charge in [0.1, 0.15) is 0 Å². The van der Waals surface area contributed by atoms with Crippen LogP contribution in [0.5, 0.6) is 0 Å². The molecule has 1 atom stereocenters. The smallest absolute Gasteiger partial charge is 0.167 e. The Morgan fingerprint density at radius 2 is 1.40 bits per heavy atom. The zero-order chi connectivity index (χ0) is 14.6. The molecule has 0 aliphatic rings. The first-order valence-electron chi connectivity index (χ1n) is 6.02. The van der Waals surface area contributed by atoms with Crippen molar-refractivity contribution in [3.8, 4) is 0 Å². The van der Waals surface area contributed by atoms with E-state index in [4.69, 9.17) is 11.6 Å². The number of hydrogen-bond acceptors (Lipinski definition) is 0. The number of benzene rings is 2. The van der Waals surface area contributed by atoms with Gasteiger partial charge in [0.15, 0.2) is 0 Å². The predicted octanol–water partition coefficient (Wildman–Crippen LogP) is 5.59. The fraction of sp³-hybridized carbons (Fsp3) is 0.125. The summed E-state index contributed by atoms with van der Waals surface area (Å²) in [5, 5.41) is 0.556. The third-order valence-corrected chi connectivity index (χ3v) is 3.12. The van der Waals surface area contributed by atoms with E-state index < -0.39 is 12.1 Å². The molecule has 0 spiro atoms. The van der Waals surface area contributed by atoms with Crippen molar-refractivity contribution in [2.45, 2.75) is 12.1 Å². The molecule has 0 nitrogen and oxygen atoms in total. The molecule has 0 aliphatic heterocycles. The van der Waals surface area contributed by atoms with Crippen LogP contribution in [0.4, 0.5) is 13.2 Å². The second-order valence-corrected chi connectivity index (χ2v) is 4.78. The van der Waals surface area contributed by atoms with Crippen LogP contribution in [0.3, 0.4) is 0 Å². The maximum atomic E-state index is 12.4. The van der Waals surface area contributed by atoms with Crippen molar-refractivity contribution in [1.29, 1.82) is 0 Å². The highest BCUT2D eigenvalue weighted by Crippen LogP contribution is 2.29. The van der Waals surface area contributed by atoms with E-state index in [-0.39, 0.29) is 6.08 Å². The van der Waals surface area contributed by atoms with Crippen molar-refractivity contribution in [3.05, 3.63) is 82.9 Å². The van der Waals surface area contributed by atoms with Gasteiger partial charge in [-0.15, -0.1) is 0 Å². The van der Waals surface area contributed by atoms with Gasteiger partial charge in [0.25, 0.3) is 0 Å². The van der Waals surface area contributed by atoms with Crippen LogP contribution in [0, 0.1) is 0 Å². The second-order valence-electron chi connectivity index (χ2n) is 4.34. The Morgan fingerprint density at radius 1 is 0.850 bits per heavy atom. The first-order valence-corrected chi connectivity index (χ1v) is 6.40. The molecule has 4 heteroatoms. The minimum Gasteiger partial charge on any atom is -0.167 e. The Kier molecular flexibility index (Phi) is 4.50. The van der Waals surface area contributed by atoms with E-state index in [1.807, 2.05) is 6.07 Å². The Hall–Kier alpha value is -1.74. The maximum absolute atomic E-state index is 12.4. The lowest BCUT2D eigenvalue weighted by molar-refractivity contribution is -0.0800. The minimum absolute atomic E-state index is 0.277. The van der Waals surface area contributed by atoms with Gasteiger partial charge in [-0.25, -0.2) is 0 Å². The first kappa shape index (κ1) is 14.7. The number of halogens is 4. The van der Waals surface area contributed by atoms with Gasteiger partial charge in [0.05, 0.1) is 0 Å². The van der Waals surface area contributed by atoms with Crippen molar-refractivity contribution in [2.24, 2.45) is 0 Å². The van der Waals surface area contributed by atoms with Crippen LogP contribution in [-0.2, 0) is 0 Å². The van der Waals surface area contributed by atoms with Crippen molar-refractivity contribution >= 4 is 11.6 Å². The number of hydrogen-bond donors (Lipinski definition) is 0. The Bertz CT molecular complexity index is 571. The molecule has 0 saturated heterocycles. The molecule has 0 radical (unpaired) electrons. The summed E-state index contributed by atoms with van der Waals surface area (Å²) in [5.74, 6) is -0.449. The summed E-state index contributed by atoms with van der Waals surface area (Å²) < 4.78 is 37.2. The Labute approximate surface area is 120 Å². The van der Waals surface area contributed by atoms with Crippen molar-refractivity contribution in [3.63, 3.8) is 0 Å². The third-order valence-electron chi connectivity index (χ3n) is 2.87. The largest absolute Gasteiger partial charge is 0.409 e. The number of alkyl halides is 3. The lowest BCUT2D eigenvalue weighted by atomic mass is 9.91. The molecular weight excluding hydrogens is 285 g/mol. The van der Waals surface area contributed by atoms with E-state index in [1.54, 1.807) is 48.5 Å². The van der Waals surface area contributed by atoms with E-state index in [0.29, 0.717) is 5.02 Å². The molecule has 2 aromatic carbocycles. The summed E-state index contributed by atoms with van der Waals surface area (Å²) in [6.45, 7) is 0. The molecule has 2 rings (SSSR count). The zero-order valence-corrected chi connectivity index (χ0v) is 11.2. The van der Waals surface area contributed by atoms with E-state index in [1.165, 1.54) is 6.08 Å². The fourth-order valence-corrected chi connectivity index (χ4v) is 2.08. The van der Waals surface area contributed by atoms with Gasteiger partial charge in [-0.3, -0.25) is 0 Å². The van der Waals surface area contributed by atoms with Crippen molar-refractivity contribution in [2.75, 3.05) is 0 Å². The van der Waals surface area contributed by atoms with Crippen LogP contribution in [0.25, 0.3) is 0 Å². The lowest BCUT2D eigenvalue weighted by Crippen LogP contribution is -2.04. The maximum Gasteiger partial charge on any atom is 0.409 e. The molecular formula is C16H12ClF3. The Morgan fingerprint density at radius 3 is 1.95 bits per heavy atom. The normalized spacial score (nSPS) is 13.6. The van der Waals surface area contributed by atoms with Gasteiger partial charge in [0, 0.05) is 17.0 Å². The molecule has 0 bridgehead atoms. The van der Waals surface area contributed by atoms with E-state index in [9.17, 15) is 13.2 Å². The first-order chi connectivity index (χ1) is 9.46. The summed E-state index contributed by atoms with van der Waals surface area (Å²) in [5.41, 5.74) is 1.57. The summed E-state index contributed by atoms with van der Waals surface area (Å²) in [6.07, 6.45) is -2.88. The van der Waals surface area contributed by atoms with Crippen molar-refractivity contribution < 1.29 is 13.2 Å². The SMILES string of the molecule is FC(F)(F)/C=C/C(c1ccccc1)c1ccc(Cl)cc1. The molecule has 0 fully saturated rings. The summed E-state index contributed by atoms with van der Waals surface area (Å²) >= 11 is 5.81. The van der Waals surface area contributed by atoms with Crippen LogP contribution in [0.1, 0.15) is 17.0 Å². The van der Waals surface area contributed by atoms with Gasteiger partial charge < -0.3 is 0 Å². The Balaban J connectivity index is 2.39. The molecule has 104 valence electrons. The topological polar surface area (TPSA) is 0 Å². The summed E-state index contributed by atoms with van der Waals surface area (Å²) in [4.78, 5) is 0. The standard InChI is InChI=1S/C16H12ClF3/c17-14-8-6-13(7-9-14)15(10-11-16(18,19)20)12-4-2-1-3-5-12/h1-11,15H/b11-10+. The number of rotatable bonds is 3. The minimum atomic E-state index is -4.32. The molecule has 0 amide bonds. The highest BCUT2D eigenvalue weighted by molar-refractivity contribution is 6.30. The van der Waals surface area contributed by atoms with Gasteiger partial charge in [-0.2, -0.15) is 13.2 Å². The van der Waals surface area contributed by atoms with E-state index >= 15 is 0 Å². The van der Waals surface area contributed by atoms with Gasteiger partial charge in [-0.1, -0.05) is 60.1 Å². The van der Waals surface area contributed by atoms with Crippen molar-refractivity contribution in [1.82, 2.24) is 0 Å².